The van der Waals surface area contributed by atoms with Crippen molar-refractivity contribution in [2.75, 3.05) is 6.61 Å². The number of esters is 3. The Balaban J connectivity index is 0.00000221. The van der Waals surface area contributed by atoms with Gasteiger partial charge in [0.05, 0.1) is 34.6 Å². The first kappa shape index (κ1) is 39.2. The number of hydrogen-bond acceptors (Lipinski definition) is 10. The highest BCUT2D eigenvalue weighted by atomic mass is 16.6. The molecule has 0 N–H and O–H groups in total. The number of carbonyl (C=O) groups is 4. The second kappa shape index (κ2) is 15.1. The van der Waals surface area contributed by atoms with Crippen LogP contribution in [0.15, 0.2) is 65.5 Å². The van der Waals surface area contributed by atoms with E-state index in [2.05, 4.69) is 13.8 Å². The summed E-state index contributed by atoms with van der Waals surface area (Å²) in [5.41, 5.74) is 3.57. The van der Waals surface area contributed by atoms with Crippen LogP contribution in [0.25, 0.3) is 22.3 Å². The van der Waals surface area contributed by atoms with Gasteiger partial charge in [0.25, 0.3) is 5.56 Å². The van der Waals surface area contributed by atoms with E-state index in [1.807, 2.05) is 44.2 Å². The molecule has 6 aliphatic rings. The van der Waals surface area contributed by atoms with Gasteiger partial charge in [-0.3, -0.25) is 9.59 Å². The Hall–Kier alpha value is -5.32. The smallest absolute Gasteiger partial charge is 0.352 e. The molecule has 308 valence electrons. The summed E-state index contributed by atoms with van der Waals surface area (Å²) in [6.45, 7) is 8.30. The number of carbonyl (C=O) groups excluding carboxylic acids is 4. The van der Waals surface area contributed by atoms with Crippen molar-refractivity contribution in [1.82, 2.24) is 9.55 Å². The van der Waals surface area contributed by atoms with Gasteiger partial charge in [0.2, 0.25) is 6.10 Å². The van der Waals surface area contributed by atoms with Crippen molar-refractivity contribution in [2.24, 2.45) is 34.5 Å². The van der Waals surface area contributed by atoms with Gasteiger partial charge in [-0.1, -0.05) is 45.9 Å². The third kappa shape index (κ3) is 6.55. The van der Waals surface area contributed by atoms with Crippen LogP contribution < -0.4 is 10.3 Å². The molecule has 0 spiro atoms. The van der Waals surface area contributed by atoms with Crippen LogP contribution in [0, 0.1) is 34.5 Å². The highest BCUT2D eigenvalue weighted by Gasteiger charge is 2.60. The maximum absolute atomic E-state index is 13.6. The number of fused-ring (bicyclic) bond motifs is 10. The summed E-state index contributed by atoms with van der Waals surface area (Å²) >= 11 is 0. The molecule has 10 rings (SSSR count). The number of ether oxygens (including phenoxy) is 4. The second-order valence-corrected chi connectivity index (χ2v) is 17.7. The van der Waals surface area contributed by atoms with Crippen molar-refractivity contribution in [2.45, 2.75) is 111 Å². The standard InChI is InChI=1S/C46H46N2O9.C2H6/c1-45-17-15-30(20-28(45)9-12-31-34-13-14-38(49)46(34,2)18-16-35(31)45)56-43(52)25-7-10-29(11-8-25)54-24-39(50)57-41-32-21-37-40-27(19-26-5-3-4-6-36(26)47-40)22-48(37)42(51)33(32)23-55-44(41)53;1-2/h3-8,10-11,19,21,28,30-31,34-35,41H,9,12-18,20,22-24H2,1-2H3;1-2H3/t28?,30-,31?,34?,35?,41-,45-,46-;/m0./s1. The second-order valence-electron chi connectivity index (χ2n) is 17.7. The molecule has 8 atom stereocenters. The minimum atomic E-state index is -1.44. The van der Waals surface area contributed by atoms with E-state index in [0.29, 0.717) is 58.7 Å². The lowest BCUT2D eigenvalue weighted by Gasteiger charge is -2.60. The lowest BCUT2D eigenvalue weighted by atomic mass is 9.45. The lowest BCUT2D eigenvalue weighted by Crippen LogP contribution is -2.54. The third-order valence-electron chi connectivity index (χ3n) is 15.0. The van der Waals surface area contributed by atoms with Gasteiger partial charge >= 0.3 is 17.9 Å². The molecule has 2 aromatic heterocycles. The Labute approximate surface area is 343 Å². The number of aromatic nitrogens is 2. The van der Waals surface area contributed by atoms with E-state index in [-0.39, 0.29) is 46.2 Å². The number of rotatable bonds is 6. The molecule has 4 heterocycles. The number of para-hydroxylation sites is 1. The molecule has 0 saturated heterocycles. The normalized spacial score (nSPS) is 29.9. The van der Waals surface area contributed by atoms with E-state index in [0.717, 1.165) is 67.8 Å². The van der Waals surface area contributed by atoms with E-state index in [9.17, 15) is 24.0 Å². The Bertz CT molecular complexity index is 2420. The van der Waals surface area contributed by atoms with Gasteiger partial charge in [0, 0.05) is 28.3 Å². The lowest BCUT2D eigenvalue weighted by molar-refractivity contribution is -0.172. The topological polar surface area (TPSA) is 140 Å². The summed E-state index contributed by atoms with van der Waals surface area (Å²) in [5.74, 6) is 1.12. The molecule has 2 aliphatic heterocycles. The molecule has 4 aliphatic carbocycles. The van der Waals surface area contributed by atoms with Crippen LogP contribution >= 0.6 is 0 Å². The molecule has 2 aromatic carbocycles. The minimum absolute atomic E-state index is 0.120. The van der Waals surface area contributed by atoms with Crippen molar-refractivity contribution in [1.29, 1.82) is 0 Å². The van der Waals surface area contributed by atoms with Crippen LogP contribution in [-0.4, -0.2) is 46.0 Å². The summed E-state index contributed by atoms with van der Waals surface area (Å²) in [4.78, 5) is 70.5. The van der Waals surface area contributed by atoms with Crippen LogP contribution in [0.3, 0.4) is 0 Å². The summed E-state index contributed by atoms with van der Waals surface area (Å²) in [7, 11) is 0. The largest absolute Gasteiger partial charge is 0.482 e. The third-order valence-corrected chi connectivity index (χ3v) is 15.0. The molecule has 0 amide bonds. The Morgan fingerprint density at radius 2 is 1.69 bits per heavy atom. The van der Waals surface area contributed by atoms with Gasteiger partial charge < -0.3 is 23.5 Å². The number of ketones is 1. The van der Waals surface area contributed by atoms with Crippen LogP contribution in [-0.2, 0) is 41.7 Å². The molecule has 11 heteroatoms. The molecule has 4 fully saturated rings. The van der Waals surface area contributed by atoms with Gasteiger partial charge in [0.1, 0.15) is 24.2 Å². The predicted octanol–water partition coefficient (Wildman–Crippen LogP) is 8.31. The van der Waals surface area contributed by atoms with Gasteiger partial charge in [0.15, 0.2) is 6.61 Å². The number of nitrogens with zero attached hydrogens (tertiary/aromatic N) is 2. The zero-order chi connectivity index (χ0) is 41.2. The summed E-state index contributed by atoms with van der Waals surface area (Å²) < 4.78 is 24.2. The fraction of sp³-hybridized carbons (Fsp3) is 0.500. The number of benzene rings is 2. The van der Waals surface area contributed by atoms with Gasteiger partial charge in [-0.15, -0.1) is 0 Å². The molecule has 0 radical (unpaired) electrons. The molecule has 11 nitrogen and oxygen atoms in total. The molecule has 59 heavy (non-hydrogen) atoms. The zero-order valence-corrected chi connectivity index (χ0v) is 34.3. The Kier molecular flexibility index (Phi) is 9.99. The highest BCUT2D eigenvalue weighted by molar-refractivity contribution is 5.90. The monoisotopic (exact) mass is 800 g/mol. The maximum atomic E-state index is 13.6. The molecule has 4 aromatic rings. The predicted molar refractivity (Wildman–Crippen MR) is 218 cm³/mol. The first-order valence-electron chi connectivity index (χ1n) is 21.5. The highest BCUT2D eigenvalue weighted by Crippen LogP contribution is 2.65. The van der Waals surface area contributed by atoms with E-state index in [1.165, 1.54) is 6.42 Å². The first-order chi connectivity index (χ1) is 28.5. The SMILES string of the molecule is CC.C[C@]12CC[C@H](OC(=O)c3ccc(OCC(=O)O[C@@H]4C(=O)OCc5c4cc4n(c5=O)Cc5cc6ccccc6nc5-4)cc3)CC1CCC1C2CC[C@]2(C)C(=O)CCC12. The van der Waals surface area contributed by atoms with Crippen LogP contribution in [0.4, 0.5) is 0 Å². The number of hydrogen-bond donors (Lipinski definition) is 0. The van der Waals surface area contributed by atoms with Crippen LogP contribution in [0.1, 0.15) is 119 Å². The molecule has 4 unspecified atom stereocenters. The van der Waals surface area contributed by atoms with Crippen molar-refractivity contribution >= 4 is 34.6 Å². The zero-order valence-electron chi connectivity index (χ0n) is 34.3. The molecular weight excluding hydrogens is 749 g/mol. The van der Waals surface area contributed by atoms with E-state index >= 15 is 0 Å². The average molecular weight is 801 g/mol. The number of cyclic esters (lactones) is 1. The van der Waals surface area contributed by atoms with Crippen molar-refractivity contribution in [3.8, 4) is 17.1 Å². The molecular formula is C48H52N2O9. The molecule has 4 saturated carbocycles. The number of Topliss-reactive ketones (excluding diaryl/α,β-unsaturated/α-hetero) is 1. The fourth-order valence-corrected chi connectivity index (χ4v) is 11.9. The van der Waals surface area contributed by atoms with Crippen LogP contribution in [0.2, 0.25) is 0 Å². The van der Waals surface area contributed by atoms with E-state index in [4.69, 9.17) is 23.9 Å². The number of pyridine rings is 2. The molecule has 0 bridgehead atoms. The summed E-state index contributed by atoms with van der Waals surface area (Å²) in [6.07, 6.45) is 7.39. The Morgan fingerprint density at radius 3 is 2.51 bits per heavy atom. The Morgan fingerprint density at radius 1 is 0.898 bits per heavy atom. The van der Waals surface area contributed by atoms with Crippen molar-refractivity contribution in [3.05, 3.63) is 93.3 Å². The van der Waals surface area contributed by atoms with Gasteiger partial charge in [-0.2, -0.15) is 0 Å². The quantitative estimate of drug-likeness (QED) is 0.122. The fourth-order valence-electron chi connectivity index (χ4n) is 11.9. The minimum Gasteiger partial charge on any atom is -0.482 e. The van der Waals surface area contributed by atoms with Gasteiger partial charge in [-0.05, 0) is 123 Å². The summed E-state index contributed by atoms with van der Waals surface area (Å²) in [5, 5.41) is 0.961. The van der Waals surface area contributed by atoms with Crippen molar-refractivity contribution in [3.63, 3.8) is 0 Å². The maximum Gasteiger partial charge on any atom is 0.352 e. The summed E-state index contributed by atoms with van der Waals surface area (Å²) in [6, 6.07) is 17.8. The average Bonchev–Trinajstić information content (AvgIpc) is 3.76. The van der Waals surface area contributed by atoms with Crippen molar-refractivity contribution < 1.29 is 38.1 Å². The first-order valence-corrected chi connectivity index (χ1v) is 21.5. The van der Waals surface area contributed by atoms with E-state index in [1.54, 1.807) is 34.9 Å². The van der Waals surface area contributed by atoms with E-state index < -0.39 is 24.6 Å². The van der Waals surface area contributed by atoms with Crippen LogP contribution in [0.5, 0.6) is 5.75 Å². The van der Waals surface area contributed by atoms with Gasteiger partial charge in [-0.25, -0.2) is 19.4 Å².